The Hall–Kier alpha value is 1.61. The second-order valence-corrected chi connectivity index (χ2v) is 5.79. The summed E-state index contributed by atoms with van der Waals surface area (Å²) in [5.74, 6) is 0. The molecule has 0 amide bonds. The fourth-order valence-corrected chi connectivity index (χ4v) is 0. The maximum absolute atomic E-state index is 4.91. The molecule has 0 unspecified atom stereocenters. The average Bonchev–Trinajstić information content (AvgIpc) is 0.811. The van der Waals surface area contributed by atoms with E-state index >= 15 is 0 Å². The van der Waals surface area contributed by atoms with Crippen LogP contribution in [0.25, 0.3) is 0 Å². The van der Waals surface area contributed by atoms with Crippen LogP contribution in [0.4, 0.5) is 0 Å². The Kier molecular flexibility index (Phi) is 11.0. The van der Waals surface area contributed by atoms with E-state index in [1.807, 2.05) is 0 Å². The molecule has 0 aromatic carbocycles. The van der Waals surface area contributed by atoms with Crippen molar-refractivity contribution >= 4 is 40.0 Å². The molecule has 0 saturated heterocycles. The molecule has 0 heterocycles. The van der Waals surface area contributed by atoms with Gasteiger partial charge in [-0.1, -0.05) is 0 Å². The Morgan fingerprint density at radius 3 is 1.00 bits per heavy atom. The average molecular weight is 198 g/mol. The summed E-state index contributed by atoms with van der Waals surface area (Å²) in [5.41, 5.74) is 0. The smallest absolute Gasteiger partial charge is 0.348 e. The largest absolute Gasteiger partial charge is 1.00 e. The molecule has 0 spiro atoms. The van der Waals surface area contributed by atoms with Crippen LogP contribution < -0.4 is 0 Å². The van der Waals surface area contributed by atoms with Crippen LogP contribution in [0.3, 0.4) is 0 Å². The molecule has 0 saturated carbocycles. The van der Waals surface area contributed by atoms with E-state index in [1.54, 1.807) is 0 Å². The third-order valence-corrected chi connectivity index (χ3v) is 0. The zero-order valence-electron chi connectivity index (χ0n) is 1.94. The van der Waals surface area contributed by atoms with Crippen LogP contribution in [-0.4, -0.2) is 6.73 Å². The first-order chi connectivity index (χ1) is 1.73. The molecular formula is Cl3CuSi. The van der Waals surface area contributed by atoms with Crippen LogP contribution in [0.2, 0.25) is 0 Å². The monoisotopic (exact) mass is 196 g/mol. The first-order valence-corrected chi connectivity index (χ1v) is 5.10. The third kappa shape index (κ3) is 28.3. The normalized spacial score (nSPS) is 7.20. The summed E-state index contributed by atoms with van der Waals surface area (Å²) in [4.78, 5) is 0. The van der Waals surface area contributed by atoms with Gasteiger partial charge >= 0.3 is 17.1 Å². The van der Waals surface area contributed by atoms with Crippen LogP contribution in [0.5, 0.6) is 0 Å². The number of rotatable bonds is 0. The van der Waals surface area contributed by atoms with Crippen molar-refractivity contribution in [2.75, 3.05) is 0 Å². The number of hydrogen-bond acceptors (Lipinski definition) is 0. The first kappa shape index (κ1) is 9.79. The van der Waals surface area contributed by atoms with E-state index in [9.17, 15) is 0 Å². The molecule has 0 nitrogen and oxygen atoms in total. The standard InChI is InChI=1S/Cl3Si.Cu/c1-4(2)3;/q-1;+1. The van der Waals surface area contributed by atoms with Crippen molar-refractivity contribution < 1.29 is 17.1 Å². The van der Waals surface area contributed by atoms with Crippen molar-refractivity contribution in [2.45, 2.75) is 0 Å². The van der Waals surface area contributed by atoms with Crippen LogP contribution in [0, 0.1) is 0 Å². The van der Waals surface area contributed by atoms with Gasteiger partial charge in [0.25, 0.3) is 0 Å². The molecule has 0 aliphatic rings. The maximum atomic E-state index is 4.91. The summed E-state index contributed by atoms with van der Waals surface area (Å²) >= 11 is 14.7. The van der Waals surface area contributed by atoms with Gasteiger partial charge in [-0.3, -0.25) is 0 Å². The Balaban J connectivity index is 0. The van der Waals surface area contributed by atoms with Crippen LogP contribution >= 0.6 is 33.2 Å². The van der Waals surface area contributed by atoms with Crippen LogP contribution in [0.15, 0.2) is 0 Å². The predicted octanol–water partition coefficient (Wildman–Crippen LogP) is 1.69. The van der Waals surface area contributed by atoms with Crippen molar-refractivity contribution in [3.05, 3.63) is 0 Å². The van der Waals surface area contributed by atoms with Gasteiger partial charge in [-0.05, 0) is 0 Å². The van der Waals surface area contributed by atoms with Crippen molar-refractivity contribution in [3.8, 4) is 0 Å². The summed E-state index contributed by atoms with van der Waals surface area (Å²) in [6, 6.07) is 0. The van der Waals surface area contributed by atoms with Gasteiger partial charge in [0.05, 0.1) is 0 Å². The van der Waals surface area contributed by atoms with Gasteiger partial charge in [0, 0.05) is 6.73 Å². The zero-order valence-corrected chi connectivity index (χ0v) is 6.14. The number of hydrogen-bond donors (Lipinski definition) is 0. The van der Waals surface area contributed by atoms with E-state index in [1.165, 1.54) is 0 Å². The molecule has 0 radical (unpaired) electrons. The van der Waals surface area contributed by atoms with Crippen molar-refractivity contribution in [1.29, 1.82) is 0 Å². The summed E-state index contributed by atoms with van der Waals surface area (Å²) in [7, 11) is 0. The molecule has 36 valence electrons. The van der Waals surface area contributed by atoms with Crippen molar-refractivity contribution in [1.82, 2.24) is 0 Å². The van der Waals surface area contributed by atoms with Gasteiger partial charge < -0.3 is 33.2 Å². The van der Waals surface area contributed by atoms with Gasteiger partial charge in [0.15, 0.2) is 0 Å². The minimum atomic E-state index is -1.46. The van der Waals surface area contributed by atoms with Gasteiger partial charge in [-0.25, -0.2) is 0 Å². The van der Waals surface area contributed by atoms with Crippen molar-refractivity contribution in [3.63, 3.8) is 0 Å². The van der Waals surface area contributed by atoms with E-state index in [2.05, 4.69) is 0 Å². The second-order valence-electron chi connectivity index (χ2n) is 0.214. The third-order valence-electron chi connectivity index (χ3n) is 0. The summed E-state index contributed by atoms with van der Waals surface area (Å²) < 4.78 is 0. The molecule has 0 atom stereocenters. The van der Waals surface area contributed by atoms with Crippen LogP contribution in [-0.2, 0) is 17.1 Å². The Morgan fingerprint density at radius 2 is 1.00 bits per heavy atom. The van der Waals surface area contributed by atoms with Gasteiger partial charge in [0.2, 0.25) is 0 Å². The summed E-state index contributed by atoms with van der Waals surface area (Å²) in [6.07, 6.45) is 0. The number of halogens is 3. The Morgan fingerprint density at radius 1 is 1.00 bits per heavy atom. The summed E-state index contributed by atoms with van der Waals surface area (Å²) in [6.45, 7) is -1.46. The van der Waals surface area contributed by atoms with E-state index in [0.29, 0.717) is 0 Å². The SMILES string of the molecule is Cl[Si-](Cl)Cl.[Cu+]. The minimum absolute atomic E-state index is 0. The van der Waals surface area contributed by atoms with E-state index < -0.39 is 6.73 Å². The molecule has 0 N–H and O–H groups in total. The zero-order chi connectivity index (χ0) is 3.58. The van der Waals surface area contributed by atoms with Gasteiger partial charge in [-0.2, -0.15) is 0 Å². The molecule has 0 aliphatic carbocycles. The van der Waals surface area contributed by atoms with E-state index in [-0.39, 0.29) is 17.1 Å². The van der Waals surface area contributed by atoms with Crippen molar-refractivity contribution in [2.24, 2.45) is 0 Å². The molecular weight excluding hydrogens is 198 g/mol. The first-order valence-electron chi connectivity index (χ1n) is 0.567. The fraction of sp³-hybridized carbons (Fsp3) is 0. The topological polar surface area (TPSA) is 0 Å². The molecule has 5 heavy (non-hydrogen) atoms. The molecule has 0 rings (SSSR count). The van der Waals surface area contributed by atoms with E-state index in [0.717, 1.165) is 0 Å². The molecule has 0 aromatic heterocycles. The minimum Gasteiger partial charge on any atom is -0.348 e. The van der Waals surface area contributed by atoms with Crippen LogP contribution in [0.1, 0.15) is 0 Å². The summed E-state index contributed by atoms with van der Waals surface area (Å²) in [5, 5.41) is 0. The molecule has 0 aromatic rings. The fourth-order valence-electron chi connectivity index (χ4n) is 0. The maximum Gasteiger partial charge on any atom is 1.00 e. The Bertz CT molecular complexity index is 11.6. The molecule has 5 heteroatoms. The van der Waals surface area contributed by atoms with Gasteiger partial charge in [0.1, 0.15) is 0 Å². The van der Waals surface area contributed by atoms with Gasteiger partial charge in [-0.15, -0.1) is 0 Å². The quantitative estimate of drug-likeness (QED) is 0.410. The second kappa shape index (κ2) is 5.61. The predicted molar refractivity (Wildman–Crippen MR) is 23.3 cm³/mol. The molecule has 0 aliphatic heterocycles. The Labute approximate surface area is 57.0 Å². The van der Waals surface area contributed by atoms with E-state index in [4.69, 9.17) is 33.2 Å². The molecule has 0 bridgehead atoms. The molecule has 0 fully saturated rings.